The van der Waals surface area contributed by atoms with E-state index in [-0.39, 0.29) is 18.2 Å². The van der Waals surface area contributed by atoms with Gasteiger partial charge in [0.2, 0.25) is 5.82 Å². The molecule has 2 heterocycles. The summed E-state index contributed by atoms with van der Waals surface area (Å²) in [5.74, 6) is -0.970. The number of hydrogen-bond donors (Lipinski definition) is 0. The Hall–Kier alpha value is -2.83. The van der Waals surface area contributed by atoms with Crippen LogP contribution < -0.4 is 4.74 Å². The molecular weight excluding hydrogens is 280 g/mol. The molecule has 0 spiro atoms. The van der Waals surface area contributed by atoms with E-state index in [2.05, 4.69) is 15.1 Å². The predicted octanol–water partition coefficient (Wildman–Crippen LogP) is 2.99. The lowest BCUT2D eigenvalue weighted by Gasteiger charge is -2.03. The molecule has 3 rings (SSSR count). The molecule has 0 aliphatic rings. The van der Waals surface area contributed by atoms with E-state index in [1.54, 1.807) is 24.5 Å². The molecule has 0 bridgehead atoms. The zero-order valence-corrected chi connectivity index (χ0v) is 10.7. The Kier molecular flexibility index (Phi) is 3.55. The fraction of sp³-hybridized carbons (Fsp3) is 0.0714. The highest BCUT2D eigenvalue weighted by atomic mass is 19.1. The van der Waals surface area contributed by atoms with Gasteiger partial charge in [-0.2, -0.15) is 4.98 Å². The van der Waals surface area contributed by atoms with Crippen LogP contribution in [0.4, 0.5) is 8.78 Å². The monoisotopic (exact) mass is 289 g/mol. The lowest BCUT2D eigenvalue weighted by atomic mass is 10.2. The number of halogens is 2. The third-order valence-corrected chi connectivity index (χ3v) is 2.65. The van der Waals surface area contributed by atoms with Crippen LogP contribution in [0.15, 0.2) is 47.2 Å². The van der Waals surface area contributed by atoms with Crippen molar-refractivity contribution in [3.05, 3.63) is 60.3 Å². The van der Waals surface area contributed by atoms with Crippen LogP contribution in [0.1, 0.15) is 5.89 Å². The van der Waals surface area contributed by atoms with Crippen LogP contribution in [0.3, 0.4) is 0 Å². The van der Waals surface area contributed by atoms with E-state index in [1.807, 2.05) is 0 Å². The van der Waals surface area contributed by atoms with Gasteiger partial charge >= 0.3 is 0 Å². The lowest BCUT2D eigenvalue weighted by molar-refractivity contribution is 0.234. The maximum Gasteiger partial charge on any atom is 0.264 e. The first-order chi connectivity index (χ1) is 10.2. The van der Waals surface area contributed by atoms with Gasteiger partial charge in [0.1, 0.15) is 5.82 Å². The molecule has 0 aliphatic carbocycles. The van der Waals surface area contributed by atoms with Gasteiger partial charge in [0.15, 0.2) is 18.2 Å². The SMILES string of the molecule is Fc1ccc(OCc2nc(-c3ccncc3)no2)c(F)c1. The molecule has 21 heavy (non-hydrogen) atoms. The van der Waals surface area contributed by atoms with E-state index in [1.165, 1.54) is 6.07 Å². The highest BCUT2D eigenvalue weighted by Crippen LogP contribution is 2.19. The van der Waals surface area contributed by atoms with Gasteiger partial charge in [0.25, 0.3) is 5.89 Å². The molecule has 7 heteroatoms. The summed E-state index contributed by atoms with van der Waals surface area (Å²) in [6, 6.07) is 6.51. The Morgan fingerprint density at radius 1 is 1.10 bits per heavy atom. The van der Waals surface area contributed by atoms with Crippen LogP contribution in [0.25, 0.3) is 11.4 Å². The van der Waals surface area contributed by atoms with Crippen LogP contribution in [0, 0.1) is 11.6 Å². The van der Waals surface area contributed by atoms with Crippen LogP contribution in [0.2, 0.25) is 0 Å². The second-order valence-corrected chi connectivity index (χ2v) is 4.11. The molecule has 0 atom stereocenters. The Bertz CT molecular complexity index is 747. The van der Waals surface area contributed by atoms with E-state index in [0.717, 1.165) is 17.7 Å². The fourth-order valence-electron chi connectivity index (χ4n) is 1.66. The topological polar surface area (TPSA) is 61.0 Å². The van der Waals surface area contributed by atoms with E-state index in [0.29, 0.717) is 5.82 Å². The summed E-state index contributed by atoms with van der Waals surface area (Å²) in [5.41, 5.74) is 0.743. The van der Waals surface area contributed by atoms with Crippen LogP contribution in [-0.2, 0) is 6.61 Å². The molecule has 0 aliphatic heterocycles. The number of pyridine rings is 1. The molecule has 0 saturated carbocycles. The largest absolute Gasteiger partial charge is 0.481 e. The minimum Gasteiger partial charge on any atom is -0.481 e. The van der Waals surface area contributed by atoms with Crippen molar-refractivity contribution in [1.29, 1.82) is 0 Å². The summed E-state index contributed by atoms with van der Waals surface area (Å²) in [6.45, 7) is -0.110. The number of hydrogen-bond acceptors (Lipinski definition) is 5. The second kappa shape index (κ2) is 5.66. The third-order valence-electron chi connectivity index (χ3n) is 2.65. The van der Waals surface area contributed by atoms with Crippen molar-refractivity contribution in [2.45, 2.75) is 6.61 Å². The molecule has 0 unspecified atom stereocenters. The molecule has 0 radical (unpaired) electrons. The highest BCUT2D eigenvalue weighted by Gasteiger charge is 2.11. The van der Waals surface area contributed by atoms with Gasteiger partial charge in [-0.05, 0) is 24.3 Å². The van der Waals surface area contributed by atoms with Crippen molar-refractivity contribution in [2.24, 2.45) is 0 Å². The summed E-state index contributed by atoms with van der Waals surface area (Å²) in [6.07, 6.45) is 3.21. The molecule has 0 saturated heterocycles. The molecule has 0 amide bonds. The average molecular weight is 289 g/mol. The standard InChI is InChI=1S/C14H9F2N3O2/c15-10-1-2-12(11(16)7-10)20-8-13-18-14(19-21-13)9-3-5-17-6-4-9/h1-7H,8H2. The van der Waals surface area contributed by atoms with Gasteiger partial charge in [-0.25, -0.2) is 8.78 Å². The first kappa shape index (κ1) is 13.2. The maximum atomic E-state index is 13.4. The van der Waals surface area contributed by atoms with Gasteiger partial charge in [-0.1, -0.05) is 5.16 Å². The minimum atomic E-state index is -0.788. The number of ether oxygens (including phenoxy) is 1. The quantitative estimate of drug-likeness (QED) is 0.739. The first-order valence-corrected chi connectivity index (χ1v) is 6.03. The highest BCUT2D eigenvalue weighted by molar-refractivity contribution is 5.52. The maximum absolute atomic E-state index is 13.4. The number of nitrogens with zero attached hydrogens (tertiary/aromatic N) is 3. The Morgan fingerprint density at radius 2 is 1.90 bits per heavy atom. The van der Waals surface area contributed by atoms with Gasteiger partial charge < -0.3 is 9.26 Å². The summed E-state index contributed by atoms with van der Waals surface area (Å²) in [7, 11) is 0. The van der Waals surface area contributed by atoms with Gasteiger partial charge in [-0.3, -0.25) is 4.98 Å². The van der Waals surface area contributed by atoms with Gasteiger partial charge in [0, 0.05) is 24.0 Å². The zero-order valence-electron chi connectivity index (χ0n) is 10.7. The summed E-state index contributed by atoms with van der Waals surface area (Å²) in [5, 5.41) is 3.79. The van der Waals surface area contributed by atoms with E-state index in [9.17, 15) is 8.78 Å². The normalized spacial score (nSPS) is 10.6. The van der Waals surface area contributed by atoms with E-state index >= 15 is 0 Å². The van der Waals surface area contributed by atoms with Gasteiger partial charge in [-0.15, -0.1) is 0 Å². The molecular formula is C14H9F2N3O2. The van der Waals surface area contributed by atoms with Crippen molar-refractivity contribution in [2.75, 3.05) is 0 Å². The van der Waals surface area contributed by atoms with Crippen LogP contribution in [-0.4, -0.2) is 15.1 Å². The van der Waals surface area contributed by atoms with Crippen molar-refractivity contribution in [3.63, 3.8) is 0 Å². The van der Waals surface area contributed by atoms with Crippen molar-refractivity contribution >= 4 is 0 Å². The summed E-state index contributed by atoms with van der Waals surface area (Å²) < 4.78 is 36.3. The van der Waals surface area contributed by atoms with E-state index < -0.39 is 11.6 Å². The smallest absolute Gasteiger partial charge is 0.264 e. The Labute approximate surface area is 118 Å². The average Bonchev–Trinajstić information content (AvgIpc) is 2.96. The van der Waals surface area contributed by atoms with Crippen molar-refractivity contribution in [1.82, 2.24) is 15.1 Å². The molecule has 0 fully saturated rings. The predicted molar refractivity (Wildman–Crippen MR) is 68.2 cm³/mol. The van der Waals surface area contributed by atoms with Crippen LogP contribution in [0.5, 0.6) is 5.75 Å². The van der Waals surface area contributed by atoms with E-state index in [4.69, 9.17) is 9.26 Å². The Balaban J connectivity index is 1.70. The van der Waals surface area contributed by atoms with Crippen LogP contribution >= 0.6 is 0 Å². The second-order valence-electron chi connectivity index (χ2n) is 4.11. The lowest BCUT2D eigenvalue weighted by Crippen LogP contribution is -1.98. The fourth-order valence-corrected chi connectivity index (χ4v) is 1.66. The molecule has 0 N–H and O–H groups in total. The first-order valence-electron chi connectivity index (χ1n) is 6.03. The molecule has 1 aromatic carbocycles. The van der Waals surface area contributed by atoms with Gasteiger partial charge in [0.05, 0.1) is 0 Å². The number of benzene rings is 1. The summed E-state index contributed by atoms with van der Waals surface area (Å²) in [4.78, 5) is 8.00. The molecule has 106 valence electrons. The zero-order chi connectivity index (χ0) is 14.7. The summed E-state index contributed by atoms with van der Waals surface area (Å²) >= 11 is 0. The number of rotatable bonds is 4. The molecule has 3 aromatic rings. The third kappa shape index (κ3) is 3.02. The Morgan fingerprint density at radius 3 is 2.67 bits per heavy atom. The minimum absolute atomic E-state index is 0.0833. The molecule has 2 aromatic heterocycles. The molecule has 5 nitrogen and oxygen atoms in total. The number of aromatic nitrogens is 3. The van der Waals surface area contributed by atoms with Crippen molar-refractivity contribution < 1.29 is 18.0 Å². The van der Waals surface area contributed by atoms with Crippen molar-refractivity contribution in [3.8, 4) is 17.1 Å².